The highest BCUT2D eigenvalue weighted by Gasteiger charge is 2.26. The third-order valence-corrected chi connectivity index (χ3v) is 6.54. The molecule has 6 nitrogen and oxygen atoms in total. The summed E-state index contributed by atoms with van der Waals surface area (Å²) < 4.78 is 1.87. The molecule has 0 N–H and O–H groups in total. The number of aryl methyl sites for hydroxylation is 2. The van der Waals surface area contributed by atoms with Crippen LogP contribution in [0.25, 0.3) is 10.2 Å². The molecule has 0 spiro atoms. The number of nitrogens with zero attached hydrogens (tertiary/aromatic N) is 3. The summed E-state index contributed by atoms with van der Waals surface area (Å²) in [4.78, 5) is 36.7. The minimum absolute atomic E-state index is 0.0931. The van der Waals surface area contributed by atoms with Gasteiger partial charge in [-0.1, -0.05) is 24.9 Å². The fourth-order valence-corrected chi connectivity index (χ4v) is 5.15. The van der Waals surface area contributed by atoms with E-state index in [4.69, 9.17) is 9.82 Å². The maximum absolute atomic E-state index is 13.2. The highest BCUT2D eigenvalue weighted by Crippen LogP contribution is 2.34. The average Bonchev–Trinajstić information content (AvgIpc) is 2.88. The number of hydrogen-bond donors (Lipinski definition) is 0. The van der Waals surface area contributed by atoms with Gasteiger partial charge in [0, 0.05) is 19.4 Å². The monoisotopic (exact) mass is 387 g/mol. The van der Waals surface area contributed by atoms with Crippen molar-refractivity contribution in [3.05, 3.63) is 26.6 Å². The van der Waals surface area contributed by atoms with Crippen molar-refractivity contribution < 1.29 is 9.63 Å². The summed E-state index contributed by atoms with van der Waals surface area (Å²) in [5.41, 5.74) is 1.92. The van der Waals surface area contributed by atoms with E-state index in [-0.39, 0.29) is 11.5 Å². The predicted octanol–water partition coefficient (Wildman–Crippen LogP) is 3.96. The van der Waals surface area contributed by atoms with E-state index in [2.05, 4.69) is 5.16 Å². The summed E-state index contributed by atoms with van der Waals surface area (Å²) in [6.07, 6.45) is 8.81. The van der Waals surface area contributed by atoms with Gasteiger partial charge in [-0.2, -0.15) is 0 Å². The molecule has 2 aliphatic rings. The second kappa shape index (κ2) is 7.92. The van der Waals surface area contributed by atoms with Crippen molar-refractivity contribution in [2.45, 2.75) is 77.7 Å². The minimum Gasteiger partial charge on any atom is -0.318 e. The van der Waals surface area contributed by atoms with Crippen LogP contribution < -0.4 is 5.56 Å². The van der Waals surface area contributed by atoms with E-state index in [0.29, 0.717) is 6.42 Å². The van der Waals surface area contributed by atoms with E-state index in [1.807, 2.05) is 11.5 Å². The van der Waals surface area contributed by atoms with Gasteiger partial charge in [0.25, 0.3) is 5.56 Å². The molecule has 2 aromatic rings. The molecule has 0 saturated heterocycles. The van der Waals surface area contributed by atoms with Gasteiger partial charge in [-0.15, -0.1) is 11.3 Å². The van der Waals surface area contributed by atoms with Gasteiger partial charge < -0.3 is 4.84 Å². The SMILES string of the molecule is CCCCC(=O)O/N=C1\CCCc2c1sc1nc3n(c(=O)c21)CCCCC3. The van der Waals surface area contributed by atoms with Crippen molar-refractivity contribution >= 4 is 33.2 Å². The molecule has 1 aliphatic heterocycles. The molecule has 0 amide bonds. The van der Waals surface area contributed by atoms with Crippen molar-refractivity contribution in [3.8, 4) is 0 Å². The Morgan fingerprint density at radius 1 is 1.22 bits per heavy atom. The molecule has 0 fully saturated rings. The lowest BCUT2D eigenvalue weighted by Crippen LogP contribution is -2.25. The van der Waals surface area contributed by atoms with Gasteiger partial charge in [-0.25, -0.2) is 9.78 Å². The number of carbonyl (C=O) groups is 1. The Bertz CT molecular complexity index is 958. The molecule has 0 bridgehead atoms. The zero-order chi connectivity index (χ0) is 18.8. The molecule has 3 heterocycles. The zero-order valence-electron chi connectivity index (χ0n) is 15.8. The summed E-state index contributed by atoms with van der Waals surface area (Å²) in [6, 6.07) is 0. The van der Waals surface area contributed by atoms with Crippen LogP contribution in [0.1, 0.15) is 74.6 Å². The number of rotatable bonds is 4. The van der Waals surface area contributed by atoms with Crippen LogP contribution in [-0.2, 0) is 29.0 Å². The van der Waals surface area contributed by atoms with Crippen LogP contribution in [0.5, 0.6) is 0 Å². The molecule has 2 aromatic heterocycles. The van der Waals surface area contributed by atoms with Crippen molar-refractivity contribution in [1.82, 2.24) is 9.55 Å². The van der Waals surface area contributed by atoms with Crippen LogP contribution >= 0.6 is 11.3 Å². The number of fused-ring (bicyclic) bond motifs is 4. The molecular weight excluding hydrogens is 362 g/mol. The number of aromatic nitrogens is 2. The Hall–Kier alpha value is -2.02. The lowest BCUT2D eigenvalue weighted by atomic mass is 9.95. The Balaban J connectivity index is 1.72. The van der Waals surface area contributed by atoms with Crippen LogP contribution in [0.4, 0.5) is 0 Å². The summed E-state index contributed by atoms with van der Waals surface area (Å²) in [5.74, 6) is 0.621. The maximum Gasteiger partial charge on any atom is 0.335 e. The van der Waals surface area contributed by atoms with Gasteiger partial charge in [0.15, 0.2) is 0 Å². The van der Waals surface area contributed by atoms with Crippen molar-refractivity contribution in [1.29, 1.82) is 0 Å². The van der Waals surface area contributed by atoms with E-state index in [1.54, 1.807) is 0 Å². The normalized spacial score (nSPS) is 18.2. The molecule has 0 radical (unpaired) electrons. The summed E-state index contributed by atoms with van der Waals surface area (Å²) in [7, 11) is 0. The first-order valence-electron chi connectivity index (χ1n) is 10.0. The molecule has 7 heteroatoms. The molecule has 1 aliphatic carbocycles. The topological polar surface area (TPSA) is 73.5 Å². The van der Waals surface area contributed by atoms with Gasteiger partial charge in [0.1, 0.15) is 10.7 Å². The van der Waals surface area contributed by atoms with E-state index in [0.717, 1.165) is 96.5 Å². The highest BCUT2D eigenvalue weighted by atomic mass is 32.1. The highest BCUT2D eigenvalue weighted by molar-refractivity contribution is 7.20. The number of carbonyl (C=O) groups excluding carboxylic acids is 1. The third kappa shape index (κ3) is 3.57. The van der Waals surface area contributed by atoms with Crippen LogP contribution in [0, 0.1) is 0 Å². The molecule has 0 unspecified atom stereocenters. The molecule has 0 saturated carbocycles. The van der Waals surface area contributed by atoms with Gasteiger partial charge in [-0.3, -0.25) is 9.36 Å². The third-order valence-electron chi connectivity index (χ3n) is 5.37. The summed E-state index contributed by atoms with van der Waals surface area (Å²) >= 11 is 1.52. The predicted molar refractivity (Wildman–Crippen MR) is 107 cm³/mol. The lowest BCUT2D eigenvalue weighted by Gasteiger charge is -2.13. The minimum atomic E-state index is -0.289. The number of oxime groups is 1. The molecular formula is C20H25N3O3S. The number of thiophene rings is 1. The Morgan fingerprint density at radius 2 is 2.11 bits per heavy atom. The molecule has 144 valence electrons. The van der Waals surface area contributed by atoms with Crippen molar-refractivity contribution in [3.63, 3.8) is 0 Å². The molecule has 0 aromatic carbocycles. The van der Waals surface area contributed by atoms with Gasteiger partial charge in [0.05, 0.1) is 16.0 Å². The van der Waals surface area contributed by atoms with Crippen LogP contribution in [0.3, 0.4) is 0 Å². The Kier molecular flexibility index (Phi) is 5.38. The van der Waals surface area contributed by atoms with Gasteiger partial charge in [0.2, 0.25) is 0 Å². The van der Waals surface area contributed by atoms with E-state index in [9.17, 15) is 9.59 Å². The Morgan fingerprint density at radius 3 is 2.96 bits per heavy atom. The van der Waals surface area contributed by atoms with E-state index in [1.165, 1.54) is 11.3 Å². The van der Waals surface area contributed by atoms with Gasteiger partial charge >= 0.3 is 5.97 Å². The number of unbranched alkanes of at least 4 members (excludes halogenated alkanes) is 1. The standard InChI is InChI=1S/C20H25N3O3S/c1-2-3-11-16(24)26-22-14-9-7-8-13-17-19(27-18(13)14)21-15-10-5-4-6-12-23(15)20(17)25/h2-12H2,1H3/b22-14+. The molecule has 27 heavy (non-hydrogen) atoms. The first-order chi connectivity index (χ1) is 13.2. The average molecular weight is 388 g/mol. The maximum atomic E-state index is 13.2. The first-order valence-corrected chi connectivity index (χ1v) is 10.8. The second-order valence-electron chi connectivity index (χ2n) is 7.34. The quantitative estimate of drug-likeness (QED) is 0.588. The van der Waals surface area contributed by atoms with Crippen LogP contribution in [0.15, 0.2) is 9.95 Å². The molecule has 4 rings (SSSR count). The van der Waals surface area contributed by atoms with Gasteiger partial charge in [-0.05, 0) is 44.1 Å². The summed E-state index contributed by atoms with van der Waals surface area (Å²) in [6.45, 7) is 2.80. The first kappa shape index (κ1) is 18.3. The second-order valence-corrected chi connectivity index (χ2v) is 8.34. The van der Waals surface area contributed by atoms with E-state index < -0.39 is 0 Å². The van der Waals surface area contributed by atoms with Crippen molar-refractivity contribution in [2.75, 3.05) is 0 Å². The molecule has 0 atom stereocenters. The largest absolute Gasteiger partial charge is 0.335 e. The fourth-order valence-electron chi connectivity index (χ4n) is 3.91. The fraction of sp³-hybridized carbons (Fsp3) is 0.600. The van der Waals surface area contributed by atoms with Crippen LogP contribution in [0.2, 0.25) is 0 Å². The summed E-state index contributed by atoms with van der Waals surface area (Å²) in [5, 5.41) is 4.91. The Labute approximate surface area is 162 Å². The van der Waals surface area contributed by atoms with Crippen molar-refractivity contribution in [2.24, 2.45) is 5.16 Å². The van der Waals surface area contributed by atoms with Crippen LogP contribution in [-0.4, -0.2) is 21.2 Å². The van der Waals surface area contributed by atoms with E-state index >= 15 is 0 Å². The number of hydrogen-bond acceptors (Lipinski definition) is 6. The smallest absolute Gasteiger partial charge is 0.318 e. The lowest BCUT2D eigenvalue weighted by molar-refractivity contribution is -0.143. The zero-order valence-corrected chi connectivity index (χ0v) is 16.6.